The number of nitrogens with one attached hydrogen (secondary N) is 2. The summed E-state index contributed by atoms with van der Waals surface area (Å²) in [5.74, 6) is -0.260. The first-order valence-corrected chi connectivity index (χ1v) is 9.99. The molecule has 0 fully saturated rings. The van der Waals surface area contributed by atoms with Crippen LogP contribution in [-0.4, -0.2) is 26.3 Å². The lowest BCUT2D eigenvalue weighted by Gasteiger charge is -2.20. The highest BCUT2D eigenvalue weighted by Gasteiger charge is 2.30. The van der Waals surface area contributed by atoms with Crippen molar-refractivity contribution in [2.45, 2.75) is 38.1 Å². The summed E-state index contributed by atoms with van der Waals surface area (Å²) in [5.41, 5.74) is 2.57. The van der Waals surface area contributed by atoms with Gasteiger partial charge < -0.3 is 10.2 Å². The number of hydrogen-bond donors (Lipinski definition) is 2. The Morgan fingerprint density at radius 3 is 2.26 bits per heavy atom. The van der Waals surface area contributed by atoms with Crippen molar-refractivity contribution in [2.75, 3.05) is 14.9 Å². The molecule has 1 unspecified atom stereocenters. The van der Waals surface area contributed by atoms with E-state index in [0.29, 0.717) is 17.8 Å². The van der Waals surface area contributed by atoms with Crippen molar-refractivity contribution >= 4 is 38.9 Å². The zero-order chi connectivity index (χ0) is 19.8. The molecule has 1 atom stereocenters. The minimum Gasteiger partial charge on any atom is -0.326 e. The molecule has 0 spiro atoms. The van der Waals surface area contributed by atoms with Crippen molar-refractivity contribution in [1.29, 1.82) is 0 Å². The van der Waals surface area contributed by atoms with Gasteiger partial charge >= 0.3 is 0 Å². The molecular weight excluding hydrogens is 366 g/mol. The molecular formula is C19H21N3O4S. The molecule has 7 nitrogen and oxygen atoms in total. The van der Waals surface area contributed by atoms with Crippen molar-refractivity contribution in [2.24, 2.45) is 0 Å². The molecule has 27 heavy (non-hydrogen) atoms. The van der Waals surface area contributed by atoms with Crippen LogP contribution in [0.15, 0.2) is 47.4 Å². The Hall–Kier alpha value is -2.87. The van der Waals surface area contributed by atoms with Crippen LogP contribution in [-0.2, 0) is 26.0 Å². The number of hydrogen-bond acceptors (Lipinski definition) is 4. The van der Waals surface area contributed by atoms with E-state index in [1.165, 1.54) is 19.9 Å². The fourth-order valence-electron chi connectivity index (χ4n) is 3.29. The minimum absolute atomic E-state index is 0.00438. The second-order valence-corrected chi connectivity index (χ2v) is 8.28. The molecule has 1 aliphatic heterocycles. The summed E-state index contributed by atoms with van der Waals surface area (Å²) >= 11 is 0. The average molecular weight is 387 g/mol. The Morgan fingerprint density at radius 1 is 1.04 bits per heavy atom. The number of carbonyl (C=O) groups is 2. The first-order chi connectivity index (χ1) is 12.7. The number of fused-ring (bicyclic) bond motifs is 1. The highest BCUT2D eigenvalue weighted by atomic mass is 32.2. The molecule has 3 rings (SSSR count). The van der Waals surface area contributed by atoms with E-state index in [2.05, 4.69) is 10.0 Å². The number of sulfonamides is 1. The van der Waals surface area contributed by atoms with Gasteiger partial charge in [-0.15, -0.1) is 0 Å². The van der Waals surface area contributed by atoms with Gasteiger partial charge in [-0.1, -0.05) is 0 Å². The van der Waals surface area contributed by atoms with Gasteiger partial charge in [-0.3, -0.25) is 14.3 Å². The molecule has 0 aliphatic carbocycles. The van der Waals surface area contributed by atoms with Gasteiger partial charge in [-0.25, -0.2) is 8.42 Å². The molecule has 2 aromatic carbocycles. The van der Waals surface area contributed by atoms with Crippen molar-refractivity contribution in [3.8, 4) is 0 Å². The smallest absolute Gasteiger partial charge is 0.261 e. The summed E-state index contributed by atoms with van der Waals surface area (Å²) in [6.07, 6.45) is 0.615. The van der Waals surface area contributed by atoms with Crippen LogP contribution in [0.3, 0.4) is 0 Å². The van der Waals surface area contributed by atoms with Crippen molar-refractivity contribution in [3.05, 3.63) is 48.0 Å². The Kier molecular flexibility index (Phi) is 4.93. The average Bonchev–Trinajstić information content (AvgIpc) is 2.91. The van der Waals surface area contributed by atoms with Crippen molar-refractivity contribution < 1.29 is 18.0 Å². The zero-order valence-corrected chi connectivity index (χ0v) is 16.1. The number of rotatable bonds is 4. The van der Waals surface area contributed by atoms with E-state index in [9.17, 15) is 18.0 Å². The molecule has 0 aromatic heterocycles. The Balaban J connectivity index is 1.83. The number of anilines is 3. The second-order valence-electron chi connectivity index (χ2n) is 6.60. The van der Waals surface area contributed by atoms with Gasteiger partial charge in [0.05, 0.1) is 4.90 Å². The quantitative estimate of drug-likeness (QED) is 0.843. The lowest BCUT2D eigenvalue weighted by molar-refractivity contribution is -0.117. The first-order valence-electron chi connectivity index (χ1n) is 8.50. The van der Waals surface area contributed by atoms with E-state index in [4.69, 9.17) is 0 Å². The number of benzene rings is 2. The molecule has 2 N–H and O–H groups in total. The van der Waals surface area contributed by atoms with Crippen LogP contribution in [0.25, 0.3) is 0 Å². The maximum absolute atomic E-state index is 12.7. The topological polar surface area (TPSA) is 95.6 Å². The fourth-order valence-corrected chi connectivity index (χ4v) is 4.40. The monoisotopic (exact) mass is 387 g/mol. The van der Waals surface area contributed by atoms with E-state index in [0.717, 1.165) is 11.3 Å². The van der Waals surface area contributed by atoms with Crippen LogP contribution in [0.4, 0.5) is 17.1 Å². The molecule has 0 saturated carbocycles. The van der Waals surface area contributed by atoms with E-state index >= 15 is 0 Å². The number of carbonyl (C=O) groups excluding carboxylic acids is 2. The third-order valence-electron chi connectivity index (χ3n) is 4.37. The van der Waals surface area contributed by atoms with E-state index in [1.54, 1.807) is 41.3 Å². The Bertz CT molecular complexity index is 1000. The third-order valence-corrected chi connectivity index (χ3v) is 5.75. The van der Waals surface area contributed by atoms with Crippen molar-refractivity contribution in [1.82, 2.24) is 0 Å². The van der Waals surface area contributed by atoms with Crippen LogP contribution in [0.1, 0.15) is 26.3 Å². The SMILES string of the molecule is CC(=O)Nc1ccc(NS(=O)(=O)c2ccc3c(c2)CC(C)N3C(C)=O)cc1. The lowest BCUT2D eigenvalue weighted by Crippen LogP contribution is -2.33. The molecule has 0 bridgehead atoms. The molecule has 2 aromatic rings. The van der Waals surface area contributed by atoms with Gasteiger partial charge in [-0.2, -0.15) is 0 Å². The summed E-state index contributed by atoms with van der Waals surface area (Å²) < 4.78 is 27.9. The summed E-state index contributed by atoms with van der Waals surface area (Å²) in [5, 5.41) is 2.62. The number of amides is 2. The molecule has 0 radical (unpaired) electrons. The van der Waals surface area contributed by atoms with Crippen LogP contribution in [0.2, 0.25) is 0 Å². The Labute approximate surface area is 158 Å². The second kappa shape index (κ2) is 7.03. The van der Waals surface area contributed by atoms with E-state index in [1.807, 2.05) is 6.92 Å². The summed E-state index contributed by atoms with van der Waals surface area (Å²) in [7, 11) is -3.77. The van der Waals surface area contributed by atoms with Gasteiger partial charge in [0.25, 0.3) is 10.0 Å². The maximum Gasteiger partial charge on any atom is 0.261 e. The summed E-state index contributed by atoms with van der Waals surface area (Å²) in [6, 6.07) is 11.2. The predicted molar refractivity (Wildman–Crippen MR) is 104 cm³/mol. The predicted octanol–water partition coefficient (Wildman–Crippen LogP) is 2.74. The maximum atomic E-state index is 12.7. The summed E-state index contributed by atoms with van der Waals surface area (Å²) in [4.78, 5) is 24.7. The molecule has 8 heteroatoms. The zero-order valence-electron chi connectivity index (χ0n) is 15.3. The molecule has 1 heterocycles. The van der Waals surface area contributed by atoms with Gasteiger partial charge in [0.1, 0.15) is 0 Å². The summed E-state index contributed by atoms with van der Waals surface area (Å²) in [6.45, 7) is 4.84. The fraction of sp³-hybridized carbons (Fsp3) is 0.263. The van der Waals surface area contributed by atoms with Crippen LogP contribution in [0, 0.1) is 0 Å². The van der Waals surface area contributed by atoms with E-state index < -0.39 is 10.0 Å². The van der Waals surface area contributed by atoms with Gasteiger partial charge in [-0.05, 0) is 61.4 Å². The third kappa shape index (κ3) is 3.95. The normalized spacial score (nSPS) is 16.0. The van der Waals surface area contributed by atoms with E-state index in [-0.39, 0.29) is 22.8 Å². The van der Waals surface area contributed by atoms with Crippen molar-refractivity contribution in [3.63, 3.8) is 0 Å². The largest absolute Gasteiger partial charge is 0.326 e. The highest BCUT2D eigenvalue weighted by Crippen LogP contribution is 2.34. The van der Waals surface area contributed by atoms with Crippen LogP contribution < -0.4 is 14.9 Å². The van der Waals surface area contributed by atoms with Gasteiger partial charge in [0.15, 0.2) is 0 Å². The Morgan fingerprint density at radius 2 is 1.67 bits per heavy atom. The molecule has 1 aliphatic rings. The molecule has 142 valence electrons. The first kappa shape index (κ1) is 18.9. The van der Waals surface area contributed by atoms with Crippen LogP contribution >= 0.6 is 0 Å². The minimum atomic E-state index is -3.77. The van der Waals surface area contributed by atoms with Gasteiger partial charge in [0, 0.05) is 37.0 Å². The van der Waals surface area contributed by atoms with Gasteiger partial charge in [0.2, 0.25) is 11.8 Å². The molecule has 0 saturated heterocycles. The standard InChI is InChI=1S/C19H21N3O4S/c1-12-10-15-11-18(8-9-19(15)22(12)14(3)24)27(25,26)21-17-6-4-16(5-7-17)20-13(2)23/h4-9,11-12,21H,10H2,1-3H3,(H,20,23). The highest BCUT2D eigenvalue weighted by molar-refractivity contribution is 7.92. The lowest BCUT2D eigenvalue weighted by atomic mass is 10.1. The number of nitrogens with zero attached hydrogens (tertiary/aromatic N) is 1. The molecule has 2 amide bonds. The van der Waals surface area contributed by atoms with Crippen LogP contribution in [0.5, 0.6) is 0 Å².